The average molecular weight is 345 g/mol. The molecule has 1 aliphatic carbocycles. The number of nitrogens with two attached hydrogens (primary N) is 1. The third-order valence-corrected chi connectivity index (χ3v) is 4.52. The normalized spacial score (nSPS) is 16.2. The summed E-state index contributed by atoms with van der Waals surface area (Å²) in [6.07, 6.45) is 9.61. The quantitative estimate of drug-likeness (QED) is 0.248. The Kier molecular flexibility index (Phi) is 8.87. The van der Waals surface area contributed by atoms with Crippen molar-refractivity contribution in [2.75, 3.05) is 6.54 Å². The van der Waals surface area contributed by atoms with Gasteiger partial charge in [-0.1, -0.05) is 56.0 Å². The summed E-state index contributed by atoms with van der Waals surface area (Å²) in [7, 11) is 0. The van der Waals surface area contributed by atoms with Crippen LogP contribution in [0.2, 0.25) is 0 Å². The minimum atomic E-state index is -0.155. The van der Waals surface area contributed by atoms with E-state index in [0.29, 0.717) is 31.6 Å². The standard InChI is InChI=1S/C20H31N3O2/c21-20(23-18-12-6-1-2-7-13-18)22-15-9-8-14-19(24)25-16-17-10-4-3-5-11-17/h3-5,10-11,18H,1-2,6-9,12-16H2,(H3,21,22,23). The van der Waals surface area contributed by atoms with E-state index in [0.717, 1.165) is 18.4 Å². The fourth-order valence-electron chi connectivity index (χ4n) is 3.07. The first-order valence-electron chi connectivity index (χ1n) is 9.50. The summed E-state index contributed by atoms with van der Waals surface area (Å²) >= 11 is 0. The van der Waals surface area contributed by atoms with Crippen LogP contribution in [0, 0.1) is 0 Å². The lowest BCUT2D eigenvalue weighted by Gasteiger charge is -2.16. The highest BCUT2D eigenvalue weighted by Crippen LogP contribution is 2.16. The van der Waals surface area contributed by atoms with Crippen LogP contribution in [-0.4, -0.2) is 24.5 Å². The molecule has 2 rings (SSSR count). The molecule has 0 radical (unpaired) electrons. The Morgan fingerprint density at radius 3 is 2.56 bits per heavy atom. The average Bonchev–Trinajstić information content (AvgIpc) is 2.89. The van der Waals surface area contributed by atoms with Crippen LogP contribution in [0.3, 0.4) is 0 Å². The molecule has 0 amide bonds. The molecule has 0 bridgehead atoms. The largest absolute Gasteiger partial charge is 0.461 e. The van der Waals surface area contributed by atoms with E-state index in [1.807, 2.05) is 30.3 Å². The van der Waals surface area contributed by atoms with E-state index in [1.165, 1.54) is 38.5 Å². The Hall–Kier alpha value is -2.04. The van der Waals surface area contributed by atoms with Crippen LogP contribution in [0.1, 0.15) is 63.4 Å². The van der Waals surface area contributed by atoms with Crippen LogP contribution in [0.25, 0.3) is 0 Å². The SMILES string of the molecule is NC(=NCCCCC(=O)OCc1ccccc1)NC1CCCCCC1. The molecule has 138 valence electrons. The van der Waals surface area contributed by atoms with Crippen LogP contribution >= 0.6 is 0 Å². The number of aliphatic imine (C=N–C) groups is 1. The number of benzene rings is 1. The second-order valence-electron chi connectivity index (χ2n) is 6.70. The molecule has 3 N–H and O–H groups in total. The van der Waals surface area contributed by atoms with Crippen molar-refractivity contribution in [2.45, 2.75) is 70.4 Å². The van der Waals surface area contributed by atoms with E-state index in [4.69, 9.17) is 10.5 Å². The first kappa shape index (κ1) is 19.3. The summed E-state index contributed by atoms with van der Waals surface area (Å²) in [5.41, 5.74) is 6.97. The molecular weight excluding hydrogens is 314 g/mol. The van der Waals surface area contributed by atoms with E-state index >= 15 is 0 Å². The number of nitrogens with zero attached hydrogens (tertiary/aromatic N) is 1. The van der Waals surface area contributed by atoms with Gasteiger partial charge in [-0.25, -0.2) is 0 Å². The minimum Gasteiger partial charge on any atom is -0.461 e. The molecule has 0 atom stereocenters. The Bertz CT molecular complexity index is 523. The number of carbonyl (C=O) groups is 1. The van der Waals surface area contributed by atoms with Crippen molar-refractivity contribution in [3.05, 3.63) is 35.9 Å². The number of hydrogen-bond acceptors (Lipinski definition) is 3. The Labute approximate surface area is 151 Å². The number of nitrogens with one attached hydrogen (secondary N) is 1. The third kappa shape index (κ3) is 8.57. The van der Waals surface area contributed by atoms with Gasteiger partial charge >= 0.3 is 5.97 Å². The molecule has 0 saturated heterocycles. The van der Waals surface area contributed by atoms with Gasteiger partial charge in [-0.05, 0) is 31.2 Å². The van der Waals surface area contributed by atoms with Gasteiger partial charge in [-0.15, -0.1) is 0 Å². The van der Waals surface area contributed by atoms with E-state index in [1.54, 1.807) is 0 Å². The first-order valence-corrected chi connectivity index (χ1v) is 9.50. The molecule has 0 heterocycles. The highest BCUT2D eigenvalue weighted by molar-refractivity contribution is 5.78. The van der Waals surface area contributed by atoms with Crippen LogP contribution < -0.4 is 11.1 Å². The molecule has 1 aromatic carbocycles. The summed E-state index contributed by atoms with van der Waals surface area (Å²) in [6, 6.07) is 10.2. The predicted octanol–water partition coefficient (Wildman–Crippen LogP) is 3.53. The highest BCUT2D eigenvalue weighted by atomic mass is 16.5. The first-order chi connectivity index (χ1) is 12.2. The van der Waals surface area contributed by atoms with Crippen molar-refractivity contribution in [1.29, 1.82) is 0 Å². The predicted molar refractivity (Wildman–Crippen MR) is 101 cm³/mol. The van der Waals surface area contributed by atoms with Crippen molar-refractivity contribution in [2.24, 2.45) is 10.7 Å². The summed E-state index contributed by atoms with van der Waals surface area (Å²) in [5.74, 6) is 0.385. The van der Waals surface area contributed by atoms with Gasteiger partial charge in [0.05, 0.1) is 0 Å². The van der Waals surface area contributed by atoms with Crippen LogP contribution in [0.5, 0.6) is 0 Å². The minimum absolute atomic E-state index is 0.155. The van der Waals surface area contributed by atoms with Gasteiger partial charge in [0.25, 0.3) is 0 Å². The number of carbonyl (C=O) groups excluding carboxylic acids is 1. The molecule has 25 heavy (non-hydrogen) atoms. The van der Waals surface area contributed by atoms with Gasteiger partial charge in [0.1, 0.15) is 6.61 Å². The van der Waals surface area contributed by atoms with Crippen molar-refractivity contribution in [3.8, 4) is 0 Å². The second-order valence-corrected chi connectivity index (χ2v) is 6.70. The number of rotatable bonds is 8. The Morgan fingerprint density at radius 2 is 1.84 bits per heavy atom. The Balaban J connectivity index is 1.53. The second kappa shape index (κ2) is 11.5. The van der Waals surface area contributed by atoms with E-state index in [9.17, 15) is 4.79 Å². The number of guanidine groups is 1. The Morgan fingerprint density at radius 1 is 1.12 bits per heavy atom. The lowest BCUT2D eigenvalue weighted by atomic mass is 10.1. The van der Waals surface area contributed by atoms with Crippen molar-refractivity contribution in [1.82, 2.24) is 5.32 Å². The maximum atomic E-state index is 11.7. The van der Waals surface area contributed by atoms with Crippen molar-refractivity contribution >= 4 is 11.9 Å². The van der Waals surface area contributed by atoms with Gasteiger partial charge in [-0.3, -0.25) is 9.79 Å². The van der Waals surface area contributed by atoms with Crippen molar-refractivity contribution in [3.63, 3.8) is 0 Å². The zero-order chi connectivity index (χ0) is 17.7. The summed E-state index contributed by atoms with van der Waals surface area (Å²) in [4.78, 5) is 16.1. The monoisotopic (exact) mass is 345 g/mol. The third-order valence-electron chi connectivity index (χ3n) is 4.52. The van der Waals surface area contributed by atoms with Gasteiger partial charge in [-0.2, -0.15) is 0 Å². The van der Waals surface area contributed by atoms with E-state index < -0.39 is 0 Å². The number of hydrogen-bond donors (Lipinski definition) is 2. The molecule has 0 spiro atoms. The van der Waals surface area contributed by atoms with Crippen LogP contribution in [0.4, 0.5) is 0 Å². The zero-order valence-electron chi connectivity index (χ0n) is 15.1. The van der Waals surface area contributed by atoms with Crippen LogP contribution in [-0.2, 0) is 16.1 Å². The maximum Gasteiger partial charge on any atom is 0.306 e. The van der Waals surface area contributed by atoms with Crippen LogP contribution in [0.15, 0.2) is 35.3 Å². The number of unbranched alkanes of at least 4 members (excludes halogenated alkanes) is 1. The lowest BCUT2D eigenvalue weighted by molar-refractivity contribution is -0.145. The van der Waals surface area contributed by atoms with Gasteiger partial charge < -0.3 is 15.8 Å². The lowest BCUT2D eigenvalue weighted by Crippen LogP contribution is -2.39. The van der Waals surface area contributed by atoms with Gasteiger partial charge in [0.2, 0.25) is 0 Å². The maximum absolute atomic E-state index is 11.7. The smallest absolute Gasteiger partial charge is 0.306 e. The van der Waals surface area contributed by atoms with E-state index in [2.05, 4.69) is 10.3 Å². The highest BCUT2D eigenvalue weighted by Gasteiger charge is 2.12. The fourth-order valence-corrected chi connectivity index (χ4v) is 3.07. The van der Waals surface area contributed by atoms with E-state index in [-0.39, 0.29) is 5.97 Å². The summed E-state index contributed by atoms with van der Waals surface area (Å²) in [5, 5.41) is 3.33. The topological polar surface area (TPSA) is 76.7 Å². The number of esters is 1. The van der Waals surface area contributed by atoms with Gasteiger partial charge in [0, 0.05) is 19.0 Å². The summed E-state index contributed by atoms with van der Waals surface area (Å²) < 4.78 is 5.26. The molecule has 0 aliphatic heterocycles. The molecule has 1 fully saturated rings. The summed E-state index contributed by atoms with van der Waals surface area (Å²) in [6.45, 7) is 0.994. The van der Waals surface area contributed by atoms with Crippen molar-refractivity contribution < 1.29 is 9.53 Å². The molecule has 1 aromatic rings. The fraction of sp³-hybridized carbons (Fsp3) is 0.600. The molecule has 5 nitrogen and oxygen atoms in total. The van der Waals surface area contributed by atoms with Gasteiger partial charge in [0.15, 0.2) is 5.96 Å². The molecule has 5 heteroatoms. The number of ether oxygens (including phenoxy) is 1. The zero-order valence-corrected chi connectivity index (χ0v) is 15.1. The molecule has 0 aromatic heterocycles. The molecule has 1 aliphatic rings. The molecule has 1 saturated carbocycles. The molecular formula is C20H31N3O2. The molecule has 0 unspecified atom stereocenters.